The van der Waals surface area contributed by atoms with Gasteiger partial charge < -0.3 is 10.1 Å². The van der Waals surface area contributed by atoms with Crippen LogP contribution in [0.25, 0.3) is 0 Å². The average Bonchev–Trinajstić information content (AvgIpc) is 2.43. The molecule has 0 heterocycles. The van der Waals surface area contributed by atoms with Gasteiger partial charge in [0.25, 0.3) is 10.1 Å². The van der Waals surface area contributed by atoms with E-state index in [0.717, 1.165) is 51.2 Å². The van der Waals surface area contributed by atoms with Gasteiger partial charge in [-0.05, 0) is 58.8 Å². The van der Waals surface area contributed by atoms with E-state index < -0.39 is 15.7 Å². The molecule has 0 aromatic heterocycles. The van der Waals surface area contributed by atoms with Crippen molar-refractivity contribution in [3.63, 3.8) is 0 Å². The normalized spacial score (nSPS) is 22.3. The molecule has 1 rings (SSSR count). The van der Waals surface area contributed by atoms with Crippen molar-refractivity contribution in [2.45, 2.75) is 77.4 Å². The number of esters is 1. The van der Waals surface area contributed by atoms with Gasteiger partial charge in [-0.25, -0.2) is 0 Å². The van der Waals surface area contributed by atoms with Crippen molar-refractivity contribution < 1.29 is 22.1 Å². The Labute approximate surface area is 146 Å². The van der Waals surface area contributed by atoms with Crippen LogP contribution < -0.4 is 5.32 Å². The zero-order chi connectivity index (χ0) is 18.2. The van der Waals surface area contributed by atoms with Crippen LogP contribution in [0, 0.1) is 5.92 Å². The molecule has 0 aromatic carbocycles. The number of unbranched alkanes of at least 4 members (excludes halogenated alkanes) is 1. The second-order valence-corrected chi connectivity index (χ2v) is 9.35. The number of hydrogen-bond acceptors (Lipinski definition) is 6. The molecule has 24 heavy (non-hydrogen) atoms. The summed E-state index contributed by atoms with van der Waals surface area (Å²) in [5.74, 6) is 0.498. The van der Waals surface area contributed by atoms with Crippen LogP contribution in [0.1, 0.15) is 65.7 Å². The Morgan fingerprint density at radius 1 is 1.12 bits per heavy atom. The number of hydrogen-bond donors (Lipinski definition) is 1. The Morgan fingerprint density at radius 3 is 2.29 bits per heavy atom. The lowest BCUT2D eigenvalue weighted by molar-refractivity contribution is -0.153. The highest BCUT2D eigenvalue weighted by Crippen LogP contribution is 2.28. The quantitative estimate of drug-likeness (QED) is 0.385. The van der Waals surface area contributed by atoms with E-state index in [1.165, 1.54) is 0 Å². The summed E-state index contributed by atoms with van der Waals surface area (Å²) < 4.78 is 31.7. The van der Waals surface area contributed by atoms with Gasteiger partial charge in [-0.3, -0.25) is 8.98 Å². The molecule has 0 radical (unpaired) electrons. The van der Waals surface area contributed by atoms with Crippen molar-refractivity contribution in [3.05, 3.63) is 0 Å². The van der Waals surface area contributed by atoms with Gasteiger partial charge in [-0.15, -0.1) is 0 Å². The molecule has 1 N–H and O–H groups in total. The molecule has 0 atom stereocenters. The highest BCUT2D eigenvalue weighted by molar-refractivity contribution is 7.85. The van der Waals surface area contributed by atoms with Crippen molar-refractivity contribution in [1.29, 1.82) is 0 Å². The van der Waals surface area contributed by atoms with E-state index in [1.54, 1.807) is 0 Å². The van der Waals surface area contributed by atoms with Crippen LogP contribution in [0.5, 0.6) is 0 Å². The van der Waals surface area contributed by atoms with E-state index in [9.17, 15) is 13.2 Å². The molecule has 0 spiro atoms. The van der Waals surface area contributed by atoms with Gasteiger partial charge in [-0.1, -0.05) is 12.8 Å². The molecule has 0 amide bonds. The minimum Gasteiger partial charge on any atom is -0.459 e. The molecule has 0 aromatic rings. The molecular weight excluding hydrogens is 330 g/mol. The third kappa shape index (κ3) is 11.0. The maximum absolute atomic E-state index is 11.7. The zero-order valence-corrected chi connectivity index (χ0v) is 16.3. The molecule has 1 aliphatic carbocycles. The van der Waals surface area contributed by atoms with Crippen molar-refractivity contribution in [2.24, 2.45) is 5.92 Å². The molecule has 142 valence electrons. The number of ether oxygens (including phenoxy) is 1. The van der Waals surface area contributed by atoms with Gasteiger partial charge in [0.15, 0.2) is 0 Å². The van der Waals surface area contributed by atoms with Crippen LogP contribution in [0.3, 0.4) is 0 Å². The van der Waals surface area contributed by atoms with Gasteiger partial charge in [0.05, 0.1) is 19.4 Å². The molecule has 1 saturated carbocycles. The largest absolute Gasteiger partial charge is 0.459 e. The summed E-state index contributed by atoms with van der Waals surface area (Å²) in [6.45, 7) is 6.17. The number of nitrogens with one attached hydrogen (secondary N) is 1. The first kappa shape index (κ1) is 21.4. The van der Waals surface area contributed by atoms with E-state index in [1.807, 2.05) is 20.8 Å². The Kier molecular flexibility index (Phi) is 8.67. The predicted octanol–water partition coefficient (Wildman–Crippen LogP) is 2.62. The topological polar surface area (TPSA) is 81.7 Å². The predicted molar refractivity (Wildman–Crippen MR) is 94.2 cm³/mol. The third-order valence-electron chi connectivity index (χ3n) is 4.11. The van der Waals surface area contributed by atoms with Gasteiger partial charge in [0, 0.05) is 6.04 Å². The van der Waals surface area contributed by atoms with Crippen molar-refractivity contribution in [1.82, 2.24) is 5.32 Å². The lowest BCUT2D eigenvalue weighted by Gasteiger charge is -2.29. The Balaban J connectivity index is 2.08. The van der Waals surface area contributed by atoms with Crippen LogP contribution in [0.2, 0.25) is 0 Å². The van der Waals surface area contributed by atoms with E-state index in [4.69, 9.17) is 8.92 Å². The molecule has 1 aliphatic rings. The summed E-state index contributed by atoms with van der Waals surface area (Å²) in [5, 5.41) is 3.30. The van der Waals surface area contributed by atoms with Crippen molar-refractivity contribution in [3.8, 4) is 0 Å². The lowest BCUT2D eigenvalue weighted by atomic mass is 9.83. The van der Waals surface area contributed by atoms with Gasteiger partial charge in [0.1, 0.15) is 5.60 Å². The van der Waals surface area contributed by atoms with Gasteiger partial charge >= 0.3 is 5.97 Å². The molecule has 1 fully saturated rings. The summed E-state index contributed by atoms with van der Waals surface area (Å²) in [6, 6.07) is 0.391. The smallest absolute Gasteiger partial charge is 0.320 e. The monoisotopic (exact) mass is 363 g/mol. The minimum atomic E-state index is -3.31. The summed E-state index contributed by atoms with van der Waals surface area (Å²) in [6.07, 6.45) is 8.43. The second kappa shape index (κ2) is 9.73. The van der Waals surface area contributed by atoms with E-state index >= 15 is 0 Å². The number of rotatable bonds is 9. The first-order valence-corrected chi connectivity index (χ1v) is 10.7. The SMILES string of the molecule is CC(C)(C)OC(=O)CNC1CCC(CCCCOS(C)(=O)=O)CC1. The molecule has 7 heteroatoms. The Morgan fingerprint density at radius 2 is 1.75 bits per heavy atom. The van der Waals surface area contributed by atoms with Crippen molar-refractivity contribution in [2.75, 3.05) is 19.4 Å². The molecule has 0 aliphatic heterocycles. The van der Waals surface area contributed by atoms with Crippen LogP contribution in [-0.4, -0.2) is 45.4 Å². The summed E-state index contributed by atoms with van der Waals surface area (Å²) >= 11 is 0. The third-order valence-corrected chi connectivity index (χ3v) is 4.70. The minimum absolute atomic E-state index is 0.199. The maximum Gasteiger partial charge on any atom is 0.320 e. The van der Waals surface area contributed by atoms with Crippen LogP contribution >= 0.6 is 0 Å². The fraction of sp³-hybridized carbons (Fsp3) is 0.941. The number of carbonyl (C=O) groups is 1. The summed E-state index contributed by atoms with van der Waals surface area (Å²) in [7, 11) is -3.31. The van der Waals surface area contributed by atoms with Crippen molar-refractivity contribution >= 4 is 16.1 Å². The maximum atomic E-state index is 11.7. The molecule has 0 bridgehead atoms. The van der Waals surface area contributed by atoms with Gasteiger partial charge in [0.2, 0.25) is 0 Å². The fourth-order valence-corrected chi connectivity index (χ4v) is 3.43. The fourth-order valence-electron chi connectivity index (χ4n) is 3.01. The zero-order valence-electron chi connectivity index (χ0n) is 15.5. The first-order valence-electron chi connectivity index (χ1n) is 8.85. The van der Waals surface area contributed by atoms with Crippen LogP contribution in [0.15, 0.2) is 0 Å². The Hall–Kier alpha value is -0.660. The van der Waals surface area contributed by atoms with Crippen LogP contribution in [-0.2, 0) is 23.8 Å². The first-order chi connectivity index (χ1) is 11.1. The lowest BCUT2D eigenvalue weighted by Crippen LogP contribution is -2.39. The van der Waals surface area contributed by atoms with Gasteiger partial charge in [-0.2, -0.15) is 8.42 Å². The molecule has 0 saturated heterocycles. The highest BCUT2D eigenvalue weighted by atomic mass is 32.2. The standard InChI is InChI=1S/C17H33NO5S/c1-17(2,3)23-16(19)13-18-15-10-8-14(9-11-15)7-5-6-12-22-24(4,20)21/h14-15,18H,5-13H2,1-4H3. The number of carbonyl (C=O) groups excluding carboxylic acids is 1. The molecular formula is C17H33NO5S. The summed E-state index contributed by atoms with van der Waals surface area (Å²) in [4.78, 5) is 11.7. The van der Waals surface area contributed by atoms with E-state index in [0.29, 0.717) is 12.0 Å². The Bertz CT molecular complexity index is 476. The van der Waals surface area contributed by atoms with E-state index in [2.05, 4.69) is 5.32 Å². The molecule has 0 unspecified atom stereocenters. The van der Waals surface area contributed by atoms with E-state index in [-0.39, 0.29) is 19.1 Å². The second-order valence-electron chi connectivity index (χ2n) is 7.71. The highest BCUT2D eigenvalue weighted by Gasteiger charge is 2.22. The summed E-state index contributed by atoms with van der Waals surface area (Å²) in [5.41, 5.74) is -0.433. The van der Waals surface area contributed by atoms with Crippen LogP contribution in [0.4, 0.5) is 0 Å². The molecule has 6 nitrogen and oxygen atoms in total. The average molecular weight is 364 g/mol.